The summed E-state index contributed by atoms with van der Waals surface area (Å²) in [6.45, 7) is 0.670. The molecule has 1 unspecified atom stereocenters. The first-order valence-corrected chi connectivity index (χ1v) is 6.18. The fraction of sp³-hybridized carbons (Fsp3) is 0.385. The second kappa shape index (κ2) is 7.53. The molecule has 0 saturated heterocycles. The van der Waals surface area contributed by atoms with E-state index in [0.717, 1.165) is 5.56 Å². The van der Waals surface area contributed by atoms with Crippen molar-refractivity contribution in [2.45, 2.75) is 31.9 Å². The lowest BCUT2D eigenvalue weighted by Gasteiger charge is -2.16. The molecular weight excluding hydrogens is 284 g/mol. The van der Waals surface area contributed by atoms with E-state index in [1.54, 1.807) is 24.3 Å². The van der Waals surface area contributed by atoms with Crippen molar-refractivity contribution in [2.75, 3.05) is 0 Å². The maximum Gasteiger partial charge on any atom is 0.426 e. The minimum absolute atomic E-state index is 0.0155. The number of hydrogen-bond donors (Lipinski definition) is 3. The topological polar surface area (TPSA) is 93.5 Å². The number of halogens is 2. The molecule has 0 aliphatic rings. The van der Waals surface area contributed by atoms with Gasteiger partial charge in [-0.3, -0.25) is 10.2 Å². The van der Waals surface area contributed by atoms with E-state index in [4.69, 9.17) is 10.5 Å². The van der Waals surface area contributed by atoms with E-state index in [1.807, 2.05) is 16.9 Å². The van der Waals surface area contributed by atoms with Crippen LogP contribution < -0.4 is 16.6 Å². The van der Waals surface area contributed by atoms with Gasteiger partial charge in [-0.2, -0.15) is 0 Å². The van der Waals surface area contributed by atoms with Crippen LogP contribution in [0.2, 0.25) is 0 Å². The number of benzene rings is 1. The van der Waals surface area contributed by atoms with Gasteiger partial charge in [0.25, 0.3) is 5.91 Å². The quantitative estimate of drug-likeness (QED) is 0.715. The highest BCUT2D eigenvalue weighted by Gasteiger charge is 2.28. The molecule has 2 amide bonds. The number of hydrogen-bond acceptors (Lipinski definition) is 4. The van der Waals surface area contributed by atoms with Gasteiger partial charge in [0.15, 0.2) is 0 Å². The fourth-order valence-electron chi connectivity index (χ4n) is 1.44. The van der Waals surface area contributed by atoms with Crippen LogP contribution in [0, 0.1) is 0 Å². The molecule has 0 aliphatic carbocycles. The SMILES string of the molecule is CC(F)(F)CC(N)C(=O)NNC(=O)OCc1ccccc1. The first kappa shape index (κ1) is 16.8. The van der Waals surface area contributed by atoms with Gasteiger partial charge >= 0.3 is 6.09 Å². The average Bonchev–Trinajstić information content (AvgIpc) is 2.41. The summed E-state index contributed by atoms with van der Waals surface area (Å²) in [5, 5.41) is 0. The molecular formula is C13H17F2N3O3. The number of hydrazine groups is 1. The standard InChI is InChI=1S/C13H17F2N3O3/c1-13(14,15)7-10(16)11(19)17-18-12(20)21-8-9-5-3-2-4-6-9/h2-6,10H,7-8,16H2,1H3,(H,17,19)(H,18,20). The molecule has 0 heterocycles. The van der Waals surface area contributed by atoms with Crippen LogP contribution in [-0.2, 0) is 16.1 Å². The number of carbonyl (C=O) groups excluding carboxylic acids is 2. The molecule has 1 aromatic carbocycles. The van der Waals surface area contributed by atoms with E-state index >= 15 is 0 Å². The van der Waals surface area contributed by atoms with Gasteiger partial charge in [0, 0.05) is 6.42 Å². The van der Waals surface area contributed by atoms with Crippen LogP contribution in [0.25, 0.3) is 0 Å². The van der Waals surface area contributed by atoms with E-state index in [2.05, 4.69) is 0 Å². The summed E-state index contributed by atoms with van der Waals surface area (Å²) in [4.78, 5) is 22.7. The smallest absolute Gasteiger partial charge is 0.426 e. The monoisotopic (exact) mass is 301 g/mol. The molecule has 0 bridgehead atoms. The maximum absolute atomic E-state index is 12.7. The van der Waals surface area contributed by atoms with Crippen LogP contribution in [0.5, 0.6) is 0 Å². The Hall–Kier alpha value is -2.22. The fourth-order valence-corrected chi connectivity index (χ4v) is 1.44. The number of amides is 2. The number of nitrogens with one attached hydrogen (secondary N) is 2. The van der Waals surface area contributed by atoms with Gasteiger partial charge in [-0.05, 0) is 12.5 Å². The van der Waals surface area contributed by atoms with Gasteiger partial charge in [0.1, 0.15) is 6.61 Å². The highest BCUT2D eigenvalue weighted by molar-refractivity contribution is 5.83. The Morgan fingerprint density at radius 1 is 1.29 bits per heavy atom. The zero-order chi connectivity index (χ0) is 15.9. The first-order chi connectivity index (χ1) is 9.78. The minimum atomic E-state index is -3.06. The highest BCUT2D eigenvalue weighted by Crippen LogP contribution is 2.17. The molecule has 1 aromatic rings. The molecule has 0 spiro atoms. The molecule has 116 valence electrons. The van der Waals surface area contributed by atoms with E-state index in [-0.39, 0.29) is 6.61 Å². The lowest BCUT2D eigenvalue weighted by molar-refractivity contribution is -0.125. The van der Waals surface area contributed by atoms with Crippen molar-refractivity contribution in [3.63, 3.8) is 0 Å². The Balaban J connectivity index is 2.28. The number of alkyl halides is 2. The molecule has 1 rings (SSSR count). The number of ether oxygens (including phenoxy) is 1. The third-order valence-electron chi connectivity index (χ3n) is 2.42. The number of nitrogens with two attached hydrogens (primary N) is 1. The summed E-state index contributed by atoms with van der Waals surface area (Å²) in [6.07, 6.45) is -1.73. The van der Waals surface area contributed by atoms with Crippen LogP contribution in [-0.4, -0.2) is 24.0 Å². The Kier molecular flexibility index (Phi) is 6.04. The van der Waals surface area contributed by atoms with Gasteiger partial charge in [-0.25, -0.2) is 19.0 Å². The molecule has 0 aromatic heterocycles. The van der Waals surface area contributed by atoms with Crippen molar-refractivity contribution in [3.8, 4) is 0 Å². The van der Waals surface area contributed by atoms with E-state index < -0.39 is 30.4 Å². The molecule has 8 heteroatoms. The Labute approximate surface area is 120 Å². The van der Waals surface area contributed by atoms with Gasteiger partial charge in [0.05, 0.1) is 6.04 Å². The van der Waals surface area contributed by atoms with Crippen molar-refractivity contribution in [1.82, 2.24) is 10.9 Å². The lowest BCUT2D eigenvalue weighted by Crippen LogP contribution is -2.50. The minimum Gasteiger partial charge on any atom is -0.443 e. The van der Waals surface area contributed by atoms with Crippen LogP contribution in [0.15, 0.2) is 30.3 Å². The van der Waals surface area contributed by atoms with Crippen LogP contribution in [0.3, 0.4) is 0 Å². The van der Waals surface area contributed by atoms with E-state index in [1.165, 1.54) is 0 Å². The predicted octanol–water partition coefficient (Wildman–Crippen LogP) is 1.32. The molecule has 1 atom stereocenters. The lowest BCUT2D eigenvalue weighted by atomic mass is 10.1. The first-order valence-electron chi connectivity index (χ1n) is 6.18. The normalized spacial score (nSPS) is 12.4. The van der Waals surface area contributed by atoms with Crippen LogP contribution >= 0.6 is 0 Å². The average molecular weight is 301 g/mol. The zero-order valence-corrected chi connectivity index (χ0v) is 11.4. The Bertz CT molecular complexity index is 477. The van der Waals surface area contributed by atoms with Gasteiger partial charge < -0.3 is 10.5 Å². The second-order valence-corrected chi connectivity index (χ2v) is 4.56. The Morgan fingerprint density at radius 3 is 2.48 bits per heavy atom. The third kappa shape index (κ3) is 7.21. The predicted molar refractivity (Wildman–Crippen MR) is 71.1 cm³/mol. The van der Waals surface area contributed by atoms with E-state index in [0.29, 0.717) is 6.92 Å². The van der Waals surface area contributed by atoms with Gasteiger partial charge in [0.2, 0.25) is 5.92 Å². The summed E-state index contributed by atoms with van der Waals surface area (Å²) < 4.78 is 30.1. The molecule has 21 heavy (non-hydrogen) atoms. The van der Waals surface area contributed by atoms with Crippen molar-refractivity contribution in [2.24, 2.45) is 5.73 Å². The summed E-state index contributed by atoms with van der Waals surface area (Å²) in [6, 6.07) is 7.45. The van der Waals surface area contributed by atoms with Gasteiger partial charge in [-0.1, -0.05) is 30.3 Å². The summed E-state index contributed by atoms with van der Waals surface area (Å²) in [7, 11) is 0. The van der Waals surface area contributed by atoms with Crippen LogP contribution in [0.1, 0.15) is 18.9 Å². The van der Waals surface area contributed by atoms with E-state index in [9.17, 15) is 18.4 Å². The molecule has 0 saturated carbocycles. The van der Waals surface area contributed by atoms with Crippen molar-refractivity contribution < 1.29 is 23.1 Å². The molecule has 6 nitrogen and oxygen atoms in total. The molecule has 4 N–H and O–H groups in total. The maximum atomic E-state index is 12.7. The van der Waals surface area contributed by atoms with Gasteiger partial charge in [-0.15, -0.1) is 0 Å². The van der Waals surface area contributed by atoms with Crippen molar-refractivity contribution in [3.05, 3.63) is 35.9 Å². The second-order valence-electron chi connectivity index (χ2n) is 4.56. The van der Waals surface area contributed by atoms with Crippen molar-refractivity contribution in [1.29, 1.82) is 0 Å². The zero-order valence-electron chi connectivity index (χ0n) is 11.4. The molecule has 0 aliphatic heterocycles. The van der Waals surface area contributed by atoms with Crippen molar-refractivity contribution >= 4 is 12.0 Å². The summed E-state index contributed by atoms with van der Waals surface area (Å²) >= 11 is 0. The number of rotatable bonds is 5. The van der Waals surface area contributed by atoms with Crippen LogP contribution in [0.4, 0.5) is 13.6 Å². The summed E-state index contributed by atoms with van der Waals surface area (Å²) in [5.74, 6) is -3.99. The largest absolute Gasteiger partial charge is 0.443 e. The molecule has 0 fully saturated rings. The third-order valence-corrected chi connectivity index (χ3v) is 2.42. The Morgan fingerprint density at radius 2 is 1.90 bits per heavy atom. The highest BCUT2D eigenvalue weighted by atomic mass is 19.3. The summed E-state index contributed by atoms with van der Waals surface area (Å²) in [5.41, 5.74) is 9.89. The number of carbonyl (C=O) groups is 2. The molecule has 0 radical (unpaired) electrons.